The van der Waals surface area contributed by atoms with Gasteiger partial charge < -0.3 is 60.0 Å². The number of likely N-dealkylation sites (tertiary alicyclic amines) is 1. The van der Waals surface area contributed by atoms with Crippen molar-refractivity contribution in [3.63, 3.8) is 0 Å². The second-order valence-electron chi connectivity index (χ2n) is 27.1. The Morgan fingerprint density at radius 3 is 1.64 bits per heavy atom. The van der Waals surface area contributed by atoms with Gasteiger partial charge in [-0.1, -0.05) is 114 Å². The van der Waals surface area contributed by atoms with E-state index in [1.807, 2.05) is 0 Å². The third kappa shape index (κ3) is 22.2. The van der Waals surface area contributed by atoms with Crippen LogP contribution >= 0.6 is 11.6 Å². The van der Waals surface area contributed by atoms with Crippen LogP contribution in [0.5, 0.6) is 0 Å². The predicted molar refractivity (Wildman–Crippen MR) is 366 cm³/mol. The van der Waals surface area contributed by atoms with Gasteiger partial charge in [0.25, 0.3) is 0 Å². The van der Waals surface area contributed by atoms with Gasteiger partial charge in [0.2, 0.25) is 70.9 Å². The van der Waals surface area contributed by atoms with Gasteiger partial charge in [-0.2, -0.15) is 13.2 Å². The van der Waals surface area contributed by atoms with Crippen molar-refractivity contribution in [1.82, 2.24) is 60.0 Å². The molecule has 3 N–H and O–H groups in total. The molecule has 24 nitrogen and oxygen atoms in total. The number of likely N-dealkylation sites (N-methyl/N-ethyl adjacent to an activating group) is 8. The van der Waals surface area contributed by atoms with Crippen LogP contribution in [0.1, 0.15) is 109 Å². The lowest BCUT2D eigenvalue weighted by molar-refractivity contribution is -0.153. The highest BCUT2D eigenvalue weighted by Crippen LogP contribution is 2.30. The molecule has 2 fully saturated rings. The lowest BCUT2D eigenvalue weighted by Crippen LogP contribution is -2.61. The number of benzene rings is 3. The summed E-state index contributed by atoms with van der Waals surface area (Å²) in [6.07, 6.45) is -4.11. The zero-order valence-corrected chi connectivity index (χ0v) is 60.4. The molecular weight excluding hydrogens is 1310 g/mol. The average molecular weight is 1410 g/mol. The maximum Gasteiger partial charge on any atom is 0.416 e. The third-order valence-corrected chi connectivity index (χ3v) is 19.1. The highest BCUT2D eigenvalue weighted by molar-refractivity contribution is 6.30. The summed E-state index contributed by atoms with van der Waals surface area (Å²) in [5.74, 6) is -10.4. The number of carbonyl (C=O) groups is 12. The monoisotopic (exact) mass is 1400 g/mol. The summed E-state index contributed by atoms with van der Waals surface area (Å²) >= 11 is 6.23. The van der Waals surface area contributed by atoms with Gasteiger partial charge in [0.1, 0.15) is 48.3 Å². The quantitative estimate of drug-likeness (QED) is 0.213. The normalized spacial score (nSPS) is 23.7. The summed E-state index contributed by atoms with van der Waals surface area (Å²) in [5.41, 5.74) is 0.599. The minimum atomic E-state index is -4.65. The fourth-order valence-corrected chi connectivity index (χ4v) is 12.3. The van der Waals surface area contributed by atoms with E-state index in [4.69, 9.17) is 11.6 Å². The number of hydrogen-bond acceptors (Lipinski definition) is 12. The standard InChI is InChI=1S/C71H100ClF3N12O12/c1-16-45(6)61-70(99)81(10)41-59(90)79(8)42-60(91)83(12)55(38-49-26-31-51(72)32-27-49)67(96)80(9)40-57(88)76-52(33-28-47-24-29-50(30-25-47)71(73,74)75)65(94)84(13)54(36-43(2)3)68(97)85(14)56(37-48-22-18-17-19-23-48)69(98)86(15)62(44(4)5)64(93)77-53(66(95)87-34-20-21-35-87)39-58(89)82(11)46(7)63(92)78-61/h17-19,22-27,29-32,43-46,52-56,61-62H,16,20-21,28,33-42H2,1-15H3,(H,76,88)(H,77,93)(H,78,92)/t45-,46-,52-,53?,54-,55-,56-,61-,62-/m0/s1. The van der Waals surface area contributed by atoms with E-state index < -0.39 is 169 Å². The van der Waals surface area contributed by atoms with Gasteiger partial charge in [0, 0.05) is 87.3 Å². The van der Waals surface area contributed by atoms with Crippen molar-refractivity contribution >= 4 is 82.5 Å². The van der Waals surface area contributed by atoms with Gasteiger partial charge in [0.05, 0.1) is 31.6 Å². The fourth-order valence-electron chi connectivity index (χ4n) is 12.1. The van der Waals surface area contributed by atoms with Gasteiger partial charge in [-0.25, -0.2) is 0 Å². The lowest BCUT2D eigenvalue weighted by atomic mass is 9.96. The van der Waals surface area contributed by atoms with E-state index in [2.05, 4.69) is 16.0 Å². The molecule has 2 aliphatic heterocycles. The molecule has 0 bridgehead atoms. The van der Waals surface area contributed by atoms with Crippen LogP contribution in [0.3, 0.4) is 0 Å². The number of aryl methyl sites for hydroxylation is 1. The molecule has 2 heterocycles. The Kier molecular flexibility index (Phi) is 29.9. The van der Waals surface area contributed by atoms with Crippen LogP contribution in [0.2, 0.25) is 5.02 Å². The molecule has 0 radical (unpaired) electrons. The Hall–Kier alpha value is -8.62. The molecule has 0 spiro atoms. The van der Waals surface area contributed by atoms with Crippen molar-refractivity contribution < 1.29 is 70.7 Å². The van der Waals surface area contributed by atoms with Crippen molar-refractivity contribution in [3.05, 3.63) is 106 Å². The van der Waals surface area contributed by atoms with Crippen molar-refractivity contribution in [3.8, 4) is 0 Å². The van der Waals surface area contributed by atoms with Gasteiger partial charge in [-0.05, 0) is 97.7 Å². The smallest absolute Gasteiger partial charge is 0.343 e. The average Bonchev–Trinajstić information content (AvgIpc) is 1.26. The highest BCUT2D eigenvalue weighted by Gasteiger charge is 2.44. The van der Waals surface area contributed by atoms with Crippen LogP contribution in [-0.4, -0.2) is 252 Å². The molecule has 3 aromatic carbocycles. The molecule has 544 valence electrons. The Bertz CT molecular complexity index is 3340. The van der Waals surface area contributed by atoms with E-state index in [0.29, 0.717) is 54.1 Å². The molecule has 2 saturated heterocycles. The number of carbonyl (C=O) groups excluding carboxylic acids is 12. The molecule has 3 aromatic rings. The second kappa shape index (κ2) is 36.5. The van der Waals surface area contributed by atoms with E-state index in [9.17, 15) is 56.3 Å². The van der Waals surface area contributed by atoms with E-state index in [1.165, 1.54) is 90.1 Å². The van der Waals surface area contributed by atoms with E-state index in [0.717, 1.165) is 41.5 Å². The van der Waals surface area contributed by atoms with Gasteiger partial charge in [0.15, 0.2) is 0 Å². The molecule has 0 saturated carbocycles. The van der Waals surface area contributed by atoms with Crippen molar-refractivity contribution in [1.29, 1.82) is 0 Å². The van der Waals surface area contributed by atoms with Gasteiger partial charge in [-0.3, -0.25) is 57.5 Å². The second-order valence-corrected chi connectivity index (χ2v) is 27.5. The zero-order chi connectivity index (χ0) is 74.1. The summed E-state index contributed by atoms with van der Waals surface area (Å²) in [5, 5.41) is 8.63. The molecule has 9 atom stereocenters. The van der Waals surface area contributed by atoms with Crippen molar-refractivity contribution in [2.75, 3.05) is 89.1 Å². The van der Waals surface area contributed by atoms with Gasteiger partial charge in [-0.15, -0.1) is 0 Å². The maximum atomic E-state index is 15.5. The Balaban J connectivity index is 1.65. The number of alkyl halides is 3. The van der Waals surface area contributed by atoms with Crippen molar-refractivity contribution in [2.45, 2.75) is 161 Å². The lowest BCUT2D eigenvalue weighted by Gasteiger charge is -2.39. The molecule has 0 aliphatic carbocycles. The zero-order valence-electron chi connectivity index (χ0n) is 59.7. The molecule has 99 heavy (non-hydrogen) atoms. The molecule has 1 unspecified atom stereocenters. The molecule has 12 amide bonds. The summed E-state index contributed by atoms with van der Waals surface area (Å²) in [6.45, 7) is 10.7. The number of rotatable bonds is 13. The van der Waals surface area contributed by atoms with Crippen LogP contribution in [0.4, 0.5) is 13.2 Å². The molecule has 2 aliphatic rings. The van der Waals surface area contributed by atoms with Crippen LogP contribution in [0.25, 0.3) is 0 Å². The summed E-state index contributed by atoms with van der Waals surface area (Å²) < 4.78 is 41.2. The first-order valence-corrected chi connectivity index (χ1v) is 33.9. The predicted octanol–water partition coefficient (Wildman–Crippen LogP) is 4.54. The van der Waals surface area contributed by atoms with Crippen LogP contribution in [0, 0.1) is 17.8 Å². The molecule has 0 aromatic heterocycles. The van der Waals surface area contributed by atoms with Crippen LogP contribution in [-0.2, 0) is 83.0 Å². The first-order valence-electron chi connectivity index (χ1n) is 33.6. The first kappa shape index (κ1) is 81.1. The third-order valence-electron chi connectivity index (χ3n) is 18.8. The Labute approximate surface area is 584 Å². The number of halogens is 4. The van der Waals surface area contributed by atoms with E-state index in [1.54, 1.807) is 96.1 Å². The maximum absolute atomic E-state index is 15.5. The molecular formula is C71H100ClF3N12O12. The topological polar surface area (TPSA) is 270 Å². The number of nitrogens with one attached hydrogen (secondary N) is 3. The SMILES string of the molecule is CC[C@H](C)[C@@H]1NC(=O)[C@H](C)N(C)C(=O)CC(C(=O)N2CCCC2)NC(=O)[C@H](C(C)C)N(C)C(=O)[C@H](Cc2ccccc2)N(C)C(=O)[C@H](CC(C)C)N(C)C(=O)[C@H](CCc2ccc(C(F)(F)F)cc2)NC(=O)CN(C)C(=O)[C@H](Cc2ccc(Cl)cc2)N(C)C(=O)CN(C)C(=O)CN(C)C1=O. The Morgan fingerprint density at radius 2 is 1.08 bits per heavy atom. The number of nitrogens with zero attached hydrogens (tertiary/aromatic N) is 9. The van der Waals surface area contributed by atoms with Crippen LogP contribution in [0.15, 0.2) is 78.9 Å². The van der Waals surface area contributed by atoms with E-state index >= 15 is 14.4 Å². The summed E-state index contributed by atoms with van der Waals surface area (Å²) in [4.78, 5) is 187. The highest BCUT2D eigenvalue weighted by atomic mass is 35.5. The summed E-state index contributed by atoms with van der Waals surface area (Å²) in [7, 11) is 10.8. The Morgan fingerprint density at radius 1 is 0.556 bits per heavy atom. The molecule has 28 heteroatoms. The van der Waals surface area contributed by atoms with Crippen molar-refractivity contribution in [2.24, 2.45) is 17.8 Å². The largest absolute Gasteiger partial charge is 0.416 e. The summed E-state index contributed by atoms with van der Waals surface area (Å²) in [6, 6.07) is 8.53. The number of hydrogen-bond donors (Lipinski definition) is 3. The van der Waals surface area contributed by atoms with E-state index in [-0.39, 0.29) is 38.0 Å². The van der Waals surface area contributed by atoms with Gasteiger partial charge >= 0.3 is 6.18 Å². The van der Waals surface area contributed by atoms with Crippen LogP contribution < -0.4 is 16.0 Å². The first-order chi connectivity index (χ1) is 46.4. The minimum Gasteiger partial charge on any atom is -0.343 e. The minimum absolute atomic E-state index is 0.00559. The fraction of sp³-hybridized carbons (Fsp3) is 0.577. The molecule has 5 rings (SSSR count). The number of amides is 12.